The van der Waals surface area contributed by atoms with Gasteiger partial charge in [0.05, 0.1) is 28.0 Å². The summed E-state index contributed by atoms with van der Waals surface area (Å²) in [6.07, 6.45) is -0.163. The summed E-state index contributed by atoms with van der Waals surface area (Å²) in [5.74, 6) is -0.131. The van der Waals surface area contributed by atoms with Crippen molar-refractivity contribution in [2.24, 2.45) is 0 Å². The Morgan fingerprint density at radius 3 is 2.63 bits per heavy atom. The van der Waals surface area contributed by atoms with Crippen molar-refractivity contribution in [3.05, 3.63) is 47.0 Å². The van der Waals surface area contributed by atoms with Crippen LogP contribution in [0.3, 0.4) is 0 Å². The van der Waals surface area contributed by atoms with Crippen molar-refractivity contribution in [1.29, 1.82) is 0 Å². The van der Waals surface area contributed by atoms with Crippen molar-refractivity contribution in [1.82, 2.24) is 4.98 Å². The van der Waals surface area contributed by atoms with Gasteiger partial charge in [0.2, 0.25) is 5.91 Å². The molecule has 3 rings (SSSR count). The summed E-state index contributed by atoms with van der Waals surface area (Å²) in [6.45, 7) is 1.89. The lowest BCUT2D eigenvalue weighted by Gasteiger charge is -2.06. The molecule has 0 fully saturated rings. The normalized spacial score (nSPS) is 11.5. The number of carbonyl (C=O) groups excluding carboxylic acids is 1. The van der Waals surface area contributed by atoms with Crippen LogP contribution in [0.4, 0.5) is 5.13 Å². The van der Waals surface area contributed by atoms with E-state index in [1.807, 2.05) is 6.92 Å². The Morgan fingerprint density at radius 2 is 1.96 bits per heavy atom. The van der Waals surface area contributed by atoms with E-state index >= 15 is 0 Å². The van der Waals surface area contributed by atoms with E-state index in [0.29, 0.717) is 15.9 Å². The molecule has 3 aromatic rings. The summed E-state index contributed by atoms with van der Waals surface area (Å²) in [7, 11) is -2.06. The Kier molecular flexibility index (Phi) is 5.69. The Morgan fingerprint density at radius 1 is 1.26 bits per heavy atom. The van der Waals surface area contributed by atoms with Gasteiger partial charge in [-0.25, -0.2) is 13.4 Å². The molecule has 1 heterocycles. The summed E-state index contributed by atoms with van der Waals surface area (Å²) in [5.41, 5.74) is 1.68. The van der Waals surface area contributed by atoms with E-state index in [1.165, 1.54) is 30.6 Å². The van der Waals surface area contributed by atoms with Crippen LogP contribution in [0.5, 0.6) is 5.75 Å². The van der Waals surface area contributed by atoms with Crippen LogP contribution in [0.15, 0.2) is 41.3 Å². The molecule has 1 aromatic heterocycles. The predicted molar refractivity (Wildman–Crippen MR) is 108 cm³/mol. The van der Waals surface area contributed by atoms with Crippen molar-refractivity contribution in [2.75, 3.05) is 18.2 Å². The molecular weight excluding hydrogens is 408 g/mol. The molecule has 0 aliphatic carbocycles. The summed E-state index contributed by atoms with van der Waals surface area (Å²) in [5, 5.41) is 3.68. The maximum Gasteiger partial charge on any atom is 0.227 e. The maximum atomic E-state index is 12.4. The molecule has 1 amide bonds. The summed E-state index contributed by atoms with van der Waals surface area (Å²) < 4.78 is 30.6. The van der Waals surface area contributed by atoms with E-state index in [1.54, 1.807) is 24.3 Å². The second-order valence-corrected chi connectivity index (χ2v) is 9.46. The number of halogens is 1. The lowest BCUT2D eigenvalue weighted by molar-refractivity contribution is -0.115. The molecule has 6 nitrogen and oxygen atoms in total. The molecule has 0 aliphatic heterocycles. The summed E-state index contributed by atoms with van der Waals surface area (Å²) in [4.78, 5) is 16.7. The van der Waals surface area contributed by atoms with Crippen molar-refractivity contribution < 1.29 is 17.9 Å². The third-order valence-electron chi connectivity index (χ3n) is 3.91. The minimum absolute atomic E-state index is 0.154. The highest BCUT2D eigenvalue weighted by atomic mass is 35.5. The van der Waals surface area contributed by atoms with Gasteiger partial charge in [-0.15, -0.1) is 0 Å². The molecule has 0 atom stereocenters. The SMILES string of the molecule is COc1ccc(S(=O)(=O)CCC(=O)Nc2nc3c(C)cc(Cl)cc3s2)cc1. The number of thiazole rings is 1. The number of amides is 1. The number of hydrogen-bond acceptors (Lipinski definition) is 6. The number of nitrogens with zero attached hydrogens (tertiary/aromatic N) is 1. The number of benzene rings is 2. The molecule has 0 radical (unpaired) electrons. The smallest absolute Gasteiger partial charge is 0.227 e. The number of nitrogens with one attached hydrogen (secondary N) is 1. The summed E-state index contributed by atoms with van der Waals surface area (Å²) in [6, 6.07) is 9.66. The van der Waals surface area contributed by atoms with Crippen molar-refractivity contribution >= 4 is 54.0 Å². The largest absolute Gasteiger partial charge is 0.497 e. The predicted octanol–water partition coefficient (Wildman–Crippen LogP) is 4.07. The van der Waals surface area contributed by atoms with Crippen LogP contribution in [-0.4, -0.2) is 32.2 Å². The van der Waals surface area contributed by atoms with E-state index < -0.39 is 15.7 Å². The Bertz CT molecular complexity index is 1090. The highest BCUT2D eigenvalue weighted by Gasteiger charge is 2.17. The Balaban J connectivity index is 1.66. The third kappa shape index (κ3) is 4.58. The van der Waals surface area contributed by atoms with Crippen LogP contribution in [0.1, 0.15) is 12.0 Å². The summed E-state index contributed by atoms with van der Waals surface area (Å²) >= 11 is 7.33. The quantitative estimate of drug-likeness (QED) is 0.644. The highest BCUT2D eigenvalue weighted by molar-refractivity contribution is 7.91. The molecular formula is C18H17ClN2O4S2. The van der Waals surface area contributed by atoms with E-state index in [-0.39, 0.29) is 17.1 Å². The van der Waals surface area contributed by atoms with E-state index in [9.17, 15) is 13.2 Å². The fraction of sp³-hybridized carbons (Fsp3) is 0.222. The number of methoxy groups -OCH3 is 1. The molecule has 142 valence electrons. The standard InChI is InChI=1S/C18H17ClN2O4S2/c1-11-9-12(19)10-15-17(11)21-18(26-15)20-16(22)7-8-27(23,24)14-5-3-13(25-2)4-6-14/h3-6,9-10H,7-8H2,1-2H3,(H,20,21,22). The number of anilines is 1. The number of aromatic nitrogens is 1. The minimum atomic E-state index is -3.56. The number of fused-ring (bicyclic) bond motifs is 1. The average molecular weight is 425 g/mol. The number of ether oxygens (including phenoxy) is 1. The van der Waals surface area contributed by atoms with E-state index in [2.05, 4.69) is 10.3 Å². The fourth-order valence-electron chi connectivity index (χ4n) is 2.52. The second kappa shape index (κ2) is 7.84. The molecule has 0 unspecified atom stereocenters. The molecule has 0 spiro atoms. The molecule has 27 heavy (non-hydrogen) atoms. The van der Waals surface area contributed by atoms with Gasteiger partial charge in [-0.1, -0.05) is 22.9 Å². The second-order valence-electron chi connectivity index (χ2n) is 5.88. The molecule has 2 aromatic carbocycles. The molecule has 9 heteroatoms. The third-order valence-corrected chi connectivity index (χ3v) is 6.78. The minimum Gasteiger partial charge on any atom is -0.497 e. The van der Waals surface area contributed by atoms with Crippen molar-refractivity contribution in [3.8, 4) is 5.75 Å². The van der Waals surface area contributed by atoms with Gasteiger partial charge >= 0.3 is 0 Å². The van der Waals surface area contributed by atoms with Gasteiger partial charge in [-0.3, -0.25) is 4.79 Å². The van der Waals surface area contributed by atoms with E-state index in [0.717, 1.165) is 15.8 Å². The van der Waals surface area contributed by atoms with Crippen LogP contribution in [0, 0.1) is 6.92 Å². The number of aryl methyl sites for hydroxylation is 1. The van der Waals surface area contributed by atoms with E-state index in [4.69, 9.17) is 16.3 Å². The monoisotopic (exact) mass is 424 g/mol. The number of sulfone groups is 1. The lowest BCUT2D eigenvalue weighted by atomic mass is 10.2. The average Bonchev–Trinajstić information content (AvgIpc) is 3.02. The van der Waals surface area contributed by atoms with Gasteiger partial charge < -0.3 is 10.1 Å². The van der Waals surface area contributed by atoms with Gasteiger partial charge in [-0.05, 0) is 48.9 Å². The molecule has 1 N–H and O–H groups in total. The first-order valence-electron chi connectivity index (χ1n) is 8.02. The fourth-order valence-corrected chi connectivity index (χ4v) is 5.09. The van der Waals surface area contributed by atoms with Crippen LogP contribution in [-0.2, 0) is 14.6 Å². The first-order chi connectivity index (χ1) is 12.8. The van der Waals surface area contributed by atoms with Crippen LogP contribution < -0.4 is 10.1 Å². The zero-order valence-electron chi connectivity index (χ0n) is 14.7. The molecule has 0 saturated carbocycles. The van der Waals surface area contributed by atoms with Crippen LogP contribution >= 0.6 is 22.9 Å². The molecule has 0 bridgehead atoms. The van der Waals surface area contributed by atoms with Gasteiger partial charge in [0.1, 0.15) is 5.75 Å². The zero-order valence-corrected chi connectivity index (χ0v) is 17.0. The van der Waals surface area contributed by atoms with Crippen LogP contribution in [0.25, 0.3) is 10.2 Å². The highest BCUT2D eigenvalue weighted by Crippen LogP contribution is 2.31. The first kappa shape index (κ1) is 19.6. The maximum absolute atomic E-state index is 12.4. The van der Waals surface area contributed by atoms with Crippen LogP contribution in [0.2, 0.25) is 5.02 Å². The number of hydrogen-bond donors (Lipinski definition) is 1. The molecule has 0 saturated heterocycles. The zero-order chi connectivity index (χ0) is 19.6. The topological polar surface area (TPSA) is 85.4 Å². The van der Waals surface area contributed by atoms with Crippen molar-refractivity contribution in [2.45, 2.75) is 18.2 Å². The lowest BCUT2D eigenvalue weighted by Crippen LogP contribution is -2.17. The van der Waals surface area contributed by atoms with Gasteiger partial charge in [0.25, 0.3) is 0 Å². The Labute approximate surface area is 166 Å². The molecule has 0 aliphatic rings. The Hall–Kier alpha value is -2.16. The number of carbonyl (C=O) groups is 1. The van der Waals surface area contributed by atoms with Gasteiger partial charge in [0.15, 0.2) is 15.0 Å². The first-order valence-corrected chi connectivity index (χ1v) is 10.9. The van der Waals surface area contributed by atoms with Gasteiger partial charge in [-0.2, -0.15) is 0 Å². The van der Waals surface area contributed by atoms with Crippen molar-refractivity contribution in [3.63, 3.8) is 0 Å². The number of rotatable bonds is 6. The van der Waals surface area contributed by atoms with Gasteiger partial charge in [0, 0.05) is 11.4 Å².